The number of hydrogen-bond acceptors (Lipinski definition) is 3. The fourth-order valence-electron chi connectivity index (χ4n) is 0.661. The first-order valence-electron chi connectivity index (χ1n) is 3.36. The molecule has 0 saturated heterocycles. The van der Waals surface area contributed by atoms with Crippen molar-refractivity contribution in [3.63, 3.8) is 0 Å². The molecular formula is C7H10N4S. The predicted octanol–water partition coefficient (Wildman–Crippen LogP) is 0.746. The van der Waals surface area contributed by atoms with E-state index in [1.807, 2.05) is 23.8 Å². The van der Waals surface area contributed by atoms with Gasteiger partial charge in [0.15, 0.2) is 0 Å². The minimum atomic E-state index is -0.0235. The second-order valence-corrected chi connectivity index (χ2v) is 3.00. The zero-order chi connectivity index (χ0) is 8.97. The van der Waals surface area contributed by atoms with Gasteiger partial charge in [0, 0.05) is 5.56 Å². The Morgan fingerprint density at radius 2 is 2.17 bits per heavy atom. The maximum atomic E-state index is 5.12. The number of thiophene rings is 1. The number of hydrogen-bond donors (Lipinski definition) is 2. The van der Waals surface area contributed by atoms with Gasteiger partial charge in [-0.2, -0.15) is 16.4 Å². The molecule has 0 aliphatic rings. The summed E-state index contributed by atoms with van der Waals surface area (Å²) in [6.45, 7) is 1.86. The van der Waals surface area contributed by atoms with Crippen LogP contribution in [0.15, 0.2) is 27.0 Å². The highest BCUT2D eigenvalue weighted by Gasteiger charge is 1.95. The van der Waals surface area contributed by atoms with Crippen molar-refractivity contribution in [1.29, 1.82) is 0 Å². The summed E-state index contributed by atoms with van der Waals surface area (Å²) in [6, 6.07) is 1.96. The molecule has 1 aromatic rings. The van der Waals surface area contributed by atoms with Crippen LogP contribution in [0.5, 0.6) is 0 Å². The summed E-state index contributed by atoms with van der Waals surface area (Å²) in [7, 11) is 0. The maximum Gasteiger partial charge on any atom is 0.211 e. The standard InChI is InChI=1S/C7H10N4S/c1-5(10-11-7(8)9)6-2-3-12-4-6/h2-4H,1H3,(H4,8,9,11). The average molecular weight is 182 g/mol. The van der Waals surface area contributed by atoms with Crippen LogP contribution in [0.4, 0.5) is 0 Å². The van der Waals surface area contributed by atoms with Crippen molar-refractivity contribution in [1.82, 2.24) is 0 Å². The molecule has 0 amide bonds. The molecule has 1 heterocycles. The molecule has 1 aromatic heterocycles. The van der Waals surface area contributed by atoms with Crippen molar-refractivity contribution in [2.75, 3.05) is 0 Å². The van der Waals surface area contributed by atoms with Crippen molar-refractivity contribution in [3.8, 4) is 0 Å². The lowest BCUT2D eigenvalue weighted by Crippen LogP contribution is -2.22. The molecule has 0 aromatic carbocycles. The van der Waals surface area contributed by atoms with Gasteiger partial charge in [-0.05, 0) is 23.8 Å². The van der Waals surface area contributed by atoms with Gasteiger partial charge in [-0.1, -0.05) is 0 Å². The van der Waals surface area contributed by atoms with E-state index in [9.17, 15) is 0 Å². The molecule has 4 nitrogen and oxygen atoms in total. The summed E-state index contributed by atoms with van der Waals surface area (Å²) in [5.41, 5.74) is 12.1. The summed E-state index contributed by atoms with van der Waals surface area (Å²) in [5.74, 6) is -0.0235. The van der Waals surface area contributed by atoms with E-state index < -0.39 is 0 Å². The van der Waals surface area contributed by atoms with E-state index >= 15 is 0 Å². The Bertz CT molecular complexity index is 295. The molecule has 64 valence electrons. The lowest BCUT2D eigenvalue weighted by Gasteiger charge is -1.91. The second kappa shape index (κ2) is 3.87. The van der Waals surface area contributed by atoms with Crippen LogP contribution in [-0.4, -0.2) is 11.7 Å². The van der Waals surface area contributed by atoms with Gasteiger partial charge >= 0.3 is 0 Å². The minimum absolute atomic E-state index is 0.0235. The number of nitrogens with zero attached hydrogens (tertiary/aromatic N) is 2. The highest BCUT2D eigenvalue weighted by molar-refractivity contribution is 7.08. The lowest BCUT2D eigenvalue weighted by atomic mass is 10.2. The minimum Gasteiger partial charge on any atom is -0.369 e. The van der Waals surface area contributed by atoms with Crippen LogP contribution in [0.25, 0.3) is 0 Å². The maximum absolute atomic E-state index is 5.12. The fourth-order valence-corrected chi connectivity index (χ4v) is 1.36. The Kier molecular flexibility index (Phi) is 2.82. The Labute approximate surface area is 74.6 Å². The zero-order valence-corrected chi connectivity index (χ0v) is 7.51. The molecule has 0 fully saturated rings. The lowest BCUT2D eigenvalue weighted by molar-refractivity contribution is 1.20. The van der Waals surface area contributed by atoms with Crippen molar-refractivity contribution < 1.29 is 0 Å². The van der Waals surface area contributed by atoms with E-state index in [1.54, 1.807) is 11.3 Å². The van der Waals surface area contributed by atoms with Gasteiger partial charge in [0.1, 0.15) is 0 Å². The van der Waals surface area contributed by atoms with Crippen molar-refractivity contribution in [2.24, 2.45) is 21.7 Å². The molecule has 0 aliphatic heterocycles. The molecule has 0 spiro atoms. The predicted molar refractivity (Wildman–Crippen MR) is 52.3 cm³/mol. The molecule has 0 bridgehead atoms. The van der Waals surface area contributed by atoms with Crippen LogP contribution in [-0.2, 0) is 0 Å². The largest absolute Gasteiger partial charge is 0.369 e. The first-order chi connectivity index (χ1) is 5.70. The fraction of sp³-hybridized carbons (Fsp3) is 0.143. The quantitative estimate of drug-likeness (QED) is 0.402. The van der Waals surface area contributed by atoms with Gasteiger partial charge in [0.05, 0.1) is 5.71 Å². The van der Waals surface area contributed by atoms with Crippen LogP contribution in [0.1, 0.15) is 12.5 Å². The smallest absolute Gasteiger partial charge is 0.211 e. The third-order valence-corrected chi connectivity index (χ3v) is 1.94. The Hall–Kier alpha value is -1.36. The van der Waals surface area contributed by atoms with Gasteiger partial charge in [-0.15, -0.1) is 5.10 Å². The number of guanidine groups is 1. The second-order valence-electron chi connectivity index (χ2n) is 2.22. The van der Waals surface area contributed by atoms with Gasteiger partial charge in [0.25, 0.3) is 0 Å². The average Bonchev–Trinajstić information content (AvgIpc) is 2.51. The SMILES string of the molecule is CC(=NN=C(N)N)c1ccsc1. The van der Waals surface area contributed by atoms with Crippen molar-refractivity contribution in [2.45, 2.75) is 6.92 Å². The van der Waals surface area contributed by atoms with Crippen LogP contribution in [0, 0.1) is 0 Å². The van der Waals surface area contributed by atoms with E-state index in [4.69, 9.17) is 11.5 Å². The van der Waals surface area contributed by atoms with Gasteiger partial charge in [-0.25, -0.2) is 0 Å². The summed E-state index contributed by atoms with van der Waals surface area (Å²) in [6.07, 6.45) is 0. The van der Waals surface area contributed by atoms with Crippen molar-refractivity contribution in [3.05, 3.63) is 22.4 Å². The Balaban J connectivity index is 2.78. The number of nitrogens with two attached hydrogens (primary N) is 2. The first-order valence-corrected chi connectivity index (χ1v) is 4.30. The number of rotatable bonds is 2. The van der Waals surface area contributed by atoms with E-state index in [0.717, 1.165) is 11.3 Å². The first kappa shape index (κ1) is 8.73. The molecule has 4 N–H and O–H groups in total. The Morgan fingerprint density at radius 1 is 1.42 bits per heavy atom. The third kappa shape index (κ3) is 2.35. The molecule has 0 radical (unpaired) electrons. The molecule has 0 aliphatic carbocycles. The third-order valence-electron chi connectivity index (χ3n) is 1.25. The molecule has 0 saturated carbocycles. The highest BCUT2D eigenvalue weighted by atomic mass is 32.1. The highest BCUT2D eigenvalue weighted by Crippen LogP contribution is 2.07. The van der Waals surface area contributed by atoms with E-state index in [1.165, 1.54) is 0 Å². The van der Waals surface area contributed by atoms with Gasteiger partial charge in [-0.3, -0.25) is 0 Å². The normalized spacial score (nSPS) is 11.2. The van der Waals surface area contributed by atoms with E-state index in [-0.39, 0.29) is 5.96 Å². The molecule has 1 rings (SSSR count). The van der Waals surface area contributed by atoms with Crippen LogP contribution in [0.3, 0.4) is 0 Å². The summed E-state index contributed by atoms with van der Waals surface area (Å²) in [4.78, 5) is 0. The van der Waals surface area contributed by atoms with Crippen LogP contribution in [0.2, 0.25) is 0 Å². The summed E-state index contributed by atoms with van der Waals surface area (Å²) < 4.78 is 0. The molecule has 0 unspecified atom stereocenters. The summed E-state index contributed by atoms with van der Waals surface area (Å²) in [5, 5.41) is 11.3. The molecule has 12 heavy (non-hydrogen) atoms. The van der Waals surface area contributed by atoms with E-state index in [2.05, 4.69) is 10.2 Å². The molecular weight excluding hydrogens is 172 g/mol. The summed E-state index contributed by atoms with van der Waals surface area (Å²) >= 11 is 1.61. The van der Waals surface area contributed by atoms with Crippen molar-refractivity contribution >= 4 is 23.0 Å². The molecule has 0 atom stereocenters. The Morgan fingerprint density at radius 3 is 2.67 bits per heavy atom. The van der Waals surface area contributed by atoms with Crippen LogP contribution < -0.4 is 11.5 Å². The van der Waals surface area contributed by atoms with Gasteiger partial charge < -0.3 is 11.5 Å². The topological polar surface area (TPSA) is 76.8 Å². The van der Waals surface area contributed by atoms with Gasteiger partial charge in [0.2, 0.25) is 5.96 Å². The van der Waals surface area contributed by atoms with E-state index in [0.29, 0.717) is 0 Å². The molecule has 5 heteroatoms. The monoisotopic (exact) mass is 182 g/mol. The van der Waals surface area contributed by atoms with Crippen LogP contribution >= 0.6 is 11.3 Å². The zero-order valence-electron chi connectivity index (χ0n) is 6.69.